The van der Waals surface area contributed by atoms with Gasteiger partial charge in [-0.1, -0.05) is 22.0 Å². The molecule has 3 N–H and O–H groups in total. The lowest BCUT2D eigenvalue weighted by atomic mass is 10.1. The van der Waals surface area contributed by atoms with E-state index in [9.17, 15) is 9.18 Å². The van der Waals surface area contributed by atoms with Crippen molar-refractivity contribution in [2.45, 2.75) is 13.5 Å². The second-order valence-electron chi connectivity index (χ2n) is 4.49. The molecule has 0 aromatic heterocycles. The number of aryl methyl sites for hydroxylation is 1. The Morgan fingerprint density at radius 1 is 1.30 bits per heavy atom. The standard InChI is InChI=1S/C15H14BrFN2O/c1-9-2-4-12(7-13(9)16)19-8-11-6-10(15(18)20)3-5-14(11)17/h2-7,19H,8H2,1H3,(H2,18,20). The highest BCUT2D eigenvalue weighted by atomic mass is 79.9. The maximum absolute atomic E-state index is 13.7. The second-order valence-corrected chi connectivity index (χ2v) is 5.34. The Balaban J connectivity index is 2.15. The van der Waals surface area contributed by atoms with Gasteiger partial charge in [-0.25, -0.2) is 4.39 Å². The van der Waals surface area contributed by atoms with Crippen LogP contribution in [0.2, 0.25) is 0 Å². The van der Waals surface area contributed by atoms with Crippen LogP contribution < -0.4 is 11.1 Å². The lowest BCUT2D eigenvalue weighted by molar-refractivity contribution is 0.1000. The molecule has 0 unspecified atom stereocenters. The number of amides is 1. The van der Waals surface area contributed by atoms with E-state index in [-0.39, 0.29) is 12.4 Å². The number of nitrogens with two attached hydrogens (primary N) is 1. The highest BCUT2D eigenvalue weighted by Crippen LogP contribution is 2.21. The van der Waals surface area contributed by atoms with E-state index in [0.29, 0.717) is 11.1 Å². The largest absolute Gasteiger partial charge is 0.381 e. The normalized spacial score (nSPS) is 10.3. The van der Waals surface area contributed by atoms with Gasteiger partial charge < -0.3 is 11.1 Å². The lowest BCUT2D eigenvalue weighted by Gasteiger charge is -2.10. The summed E-state index contributed by atoms with van der Waals surface area (Å²) in [6, 6.07) is 9.89. The third kappa shape index (κ3) is 3.36. The van der Waals surface area contributed by atoms with Crippen LogP contribution in [0.15, 0.2) is 40.9 Å². The van der Waals surface area contributed by atoms with Crippen LogP contribution in [0.25, 0.3) is 0 Å². The van der Waals surface area contributed by atoms with Gasteiger partial charge in [0.25, 0.3) is 0 Å². The fourth-order valence-electron chi connectivity index (χ4n) is 1.76. The minimum Gasteiger partial charge on any atom is -0.381 e. The third-order valence-electron chi connectivity index (χ3n) is 2.99. The van der Waals surface area contributed by atoms with E-state index in [1.807, 2.05) is 25.1 Å². The van der Waals surface area contributed by atoms with Crippen molar-refractivity contribution < 1.29 is 9.18 Å². The molecule has 3 nitrogen and oxygen atoms in total. The van der Waals surface area contributed by atoms with E-state index < -0.39 is 5.91 Å². The van der Waals surface area contributed by atoms with Crippen molar-refractivity contribution >= 4 is 27.5 Å². The van der Waals surface area contributed by atoms with Crippen LogP contribution in [0.5, 0.6) is 0 Å². The predicted molar refractivity (Wildman–Crippen MR) is 81.1 cm³/mol. The number of nitrogens with one attached hydrogen (secondary N) is 1. The van der Waals surface area contributed by atoms with Gasteiger partial charge in [-0.2, -0.15) is 0 Å². The Kier molecular flexibility index (Phi) is 4.39. The van der Waals surface area contributed by atoms with Crippen LogP contribution >= 0.6 is 15.9 Å². The zero-order valence-corrected chi connectivity index (χ0v) is 12.5. The summed E-state index contributed by atoms with van der Waals surface area (Å²) < 4.78 is 14.7. The van der Waals surface area contributed by atoms with E-state index in [4.69, 9.17) is 5.73 Å². The van der Waals surface area contributed by atoms with Crippen LogP contribution in [0.3, 0.4) is 0 Å². The molecule has 1 amide bonds. The van der Waals surface area contributed by atoms with Gasteiger partial charge in [0.05, 0.1) is 0 Å². The van der Waals surface area contributed by atoms with Crippen molar-refractivity contribution in [2.24, 2.45) is 5.73 Å². The number of halogens is 2. The van der Waals surface area contributed by atoms with Crippen molar-refractivity contribution in [1.82, 2.24) is 0 Å². The minimum absolute atomic E-state index is 0.280. The molecule has 0 heterocycles. The van der Waals surface area contributed by atoms with Gasteiger partial charge in [0.1, 0.15) is 5.82 Å². The summed E-state index contributed by atoms with van der Waals surface area (Å²) in [5, 5.41) is 3.11. The Morgan fingerprint density at radius 2 is 2.05 bits per heavy atom. The molecule has 0 radical (unpaired) electrons. The Hall–Kier alpha value is -1.88. The van der Waals surface area contributed by atoms with E-state index in [1.165, 1.54) is 18.2 Å². The molecule has 20 heavy (non-hydrogen) atoms. The molecular weight excluding hydrogens is 323 g/mol. The molecule has 0 saturated heterocycles. The maximum atomic E-state index is 13.7. The summed E-state index contributed by atoms with van der Waals surface area (Å²) in [6.07, 6.45) is 0. The predicted octanol–water partition coefficient (Wildman–Crippen LogP) is 3.61. The number of benzene rings is 2. The summed E-state index contributed by atoms with van der Waals surface area (Å²) in [7, 11) is 0. The Bertz CT molecular complexity index is 658. The minimum atomic E-state index is -0.565. The first-order chi connectivity index (χ1) is 9.47. The zero-order chi connectivity index (χ0) is 14.7. The molecule has 2 aromatic carbocycles. The summed E-state index contributed by atoms with van der Waals surface area (Å²) in [5.41, 5.74) is 7.88. The molecule has 2 rings (SSSR count). The number of carbonyl (C=O) groups is 1. The van der Waals surface area contributed by atoms with Crippen molar-refractivity contribution in [3.05, 3.63) is 63.4 Å². The van der Waals surface area contributed by atoms with Crippen LogP contribution in [-0.4, -0.2) is 5.91 Å². The lowest BCUT2D eigenvalue weighted by Crippen LogP contribution is -2.12. The monoisotopic (exact) mass is 336 g/mol. The summed E-state index contributed by atoms with van der Waals surface area (Å²) in [5.74, 6) is -0.932. The third-order valence-corrected chi connectivity index (χ3v) is 3.84. The molecule has 5 heteroatoms. The van der Waals surface area contributed by atoms with Crippen molar-refractivity contribution in [2.75, 3.05) is 5.32 Å². The Morgan fingerprint density at radius 3 is 2.70 bits per heavy atom. The highest BCUT2D eigenvalue weighted by Gasteiger charge is 2.07. The van der Waals surface area contributed by atoms with Crippen molar-refractivity contribution in [3.8, 4) is 0 Å². The molecule has 0 aliphatic heterocycles. The molecule has 0 aliphatic carbocycles. The first-order valence-electron chi connectivity index (χ1n) is 6.05. The topological polar surface area (TPSA) is 55.1 Å². The summed E-state index contributed by atoms with van der Waals surface area (Å²) in [4.78, 5) is 11.1. The van der Waals surface area contributed by atoms with Gasteiger partial charge in [-0.05, 0) is 42.8 Å². The van der Waals surface area contributed by atoms with Gasteiger partial charge in [0, 0.05) is 27.8 Å². The molecule has 0 fully saturated rings. The number of rotatable bonds is 4. The molecule has 0 spiro atoms. The average Bonchev–Trinajstić information content (AvgIpc) is 2.41. The first kappa shape index (κ1) is 14.5. The zero-order valence-electron chi connectivity index (χ0n) is 10.9. The molecule has 0 bridgehead atoms. The van der Waals surface area contributed by atoms with E-state index in [2.05, 4.69) is 21.2 Å². The van der Waals surface area contributed by atoms with Gasteiger partial charge in [0.2, 0.25) is 5.91 Å². The number of anilines is 1. The number of primary amides is 1. The van der Waals surface area contributed by atoms with Crippen molar-refractivity contribution in [1.29, 1.82) is 0 Å². The van der Waals surface area contributed by atoms with E-state index in [0.717, 1.165) is 15.7 Å². The van der Waals surface area contributed by atoms with Crippen LogP contribution in [0, 0.1) is 12.7 Å². The van der Waals surface area contributed by atoms with Crippen molar-refractivity contribution in [3.63, 3.8) is 0 Å². The smallest absolute Gasteiger partial charge is 0.248 e. The number of carbonyl (C=O) groups excluding carboxylic acids is 1. The van der Waals surface area contributed by atoms with E-state index in [1.54, 1.807) is 0 Å². The maximum Gasteiger partial charge on any atom is 0.248 e. The number of hydrogen-bond donors (Lipinski definition) is 2. The molecule has 2 aromatic rings. The number of hydrogen-bond acceptors (Lipinski definition) is 2. The van der Waals surface area contributed by atoms with Gasteiger partial charge in [-0.15, -0.1) is 0 Å². The molecule has 104 valence electrons. The van der Waals surface area contributed by atoms with Gasteiger partial charge in [-0.3, -0.25) is 4.79 Å². The fourth-order valence-corrected chi connectivity index (χ4v) is 2.14. The molecule has 0 atom stereocenters. The summed E-state index contributed by atoms with van der Waals surface area (Å²) >= 11 is 3.44. The SMILES string of the molecule is Cc1ccc(NCc2cc(C(N)=O)ccc2F)cc1Br. The van der Waals surface area contributed by atoms with E-state index >= 15 is 0 Å². The fraction of sp³-hybridized carbons (Fsp3) is 0.133. The quantitative estimate of drug-likeness (QED) is 0.896. The van der Waals surface area contributed by atoms with Gasteiger partial charge >= 0.3 is 0 Å². The highest BCUT2D eigenvalue weighted by molar-refractivity contribution is 9.10. The van der Waals surface area contributed by atoms with Gasteiger partial charge in [0.15, 0.2) is 0 Å². The van der Waals surface area contributed by atoms with Crippen LogP contribution in [-0.2, 0) is 6.54 Å². The van der Waals surface area contributed by atoms with Crippen LogP contribution in [0.4, 0.5) is 10.1 Å². The second kappa shape index (κ2) is 6.05. The first-order valence-corrected chi connectivity index (χ1v) is 6.85. The molecular formula is C15H14BrFN2O. The average molecular weight is 337 g/mol. The molecule has 0 saturated carbocycles. The Labute approximate surface area is 125 Å². The van der Waals surface area contributed by atoms with Crippen LogP contribution in [0.1, 0.15) is 21.5 Å². The summed E-state index contributed by atoms with van der Waals surface area (Å²) in [6.45, 7) is 2.27. The molecule has 0 aliphatic rings.